The highest BCUT2D eigenvalue weighted by Crippen LogP contribution is 2.25. The highest BCUT2D eigenvalue weighted by molar-refractivity contribution is 9.10. The second kappa shape index (κ2) is 6.03. The SMILES string of the molecule is N/C(=N/O)c1ccc(NC(=O)C2CCCO2)c(Br)c1. The van der Waals surface area contributed by atoms with Gasteiger partial charge in [0, 0.05) is 16.6 Å². The number of nitrogens with one attached hydrogen (secondary N) is 1. The minimum atomic E-state index is -0.379. The highest BCUT2D eigenvalue weighted by atomic mass is 79.9. The van der Waals surface area contributed by atoms with Crippen molar-refractivity contribution in [3.05, 3.63) is 28.2 Å². The topological polar surface area (TPSA) is 96.9 Å². The molecule has 0 aromatic heterocycles. The van der Waals surface area contributed by atoms with E-state index in [0.29, 0.717) is 22.3 Å². The molecule has 1 atom stereocenters. The maximum Gasteiger partial charge on any atom is 0.253 e. The molecule has 19 heavy (non-hydrogen) atoms. The molecule has 1 aliphatic heterocycles. The van der Waals surface area contributed by atoms with Gasteiger partial charge in [0.2, 0.25) is 0 Å². The quantitative estimate of drug-likeness (QED) is 0.340. The van der Waals surface area contributed by atoms with Crippen LogP contribution in [0.25, 0.3) is 0 Å². The zero-order chi connectivity index (χ0) is 13.8. The number of rotatable bonds is 3. The number of amides is 1. The maximum absolute atomic E-state index is 11.9. The van der Waals surface area contributed by atoms with Crippen molar-refractivity contribution in [2.24, 2.45) is 10.9 Å². The number of halogens is 1. The van der Waals surface area contributed by atoms with Gasteiger partial charge in [0.05, 0.1) is 5.69 Å². The van der Waals surface area contributed by atoms with Crippen LogP contribution in [0, 0.1) is 0 Å². The summed E-state index contributed by atoms with van der Waals surface area (Å²) in [5.41, 5.74) is 6.67. The molecule has 0 spiro atoms. The number of hydrogen-bond donors (Lipinski definition) is 3. The van der Waals surface area contributed by atoms with Crippen molar-refractivity contribution in [2.45, 2.75) is 18.9 Å². The van der Waals surface area contributed by atoms with Gasteiger partial charge in [0.1, 0.15) is 6.10 Å². The Hall–Kier alpha value is -1.60. The van der Waals surface area contributed by atoms with Crippen LogP contribution in [0.4, 0.5) is 5.69 Å². The molecule has 1 aromatic rings. The van der Waals surface area contributed by atoms with Gasteiger partial charge in [-0.25, -0.2) is 0 Å². The summed E-state index contributed by atoms with van der Waals surface area (Å²) in [6.07, 6.45) is 1.27. The predicted octanol–water partition coefficient (Wildman–Crippen LogP) is 1.66. The molecule has 1 saturated heterocycles. The van der Waals surface area contributed by atoms with Crippen molar-refractivity contribution in [3.63, 3.8) is 0 Å². The van der Waals surface area contributed by atoms with Gasteiger partial charge in [-0.3, -0.25) is 4.79 Å². The average Bonchev–Trinajstić information content (AvgIpc) is 2.94. The minimum absolute atomic E-state index is 0.0118. The molecule has 0 aliphatic carbocycles. The number of nitrogens with zero attached hydrogens (tertiary/aromatic N) is 1. The number of anilines is 1. The van der Waals surface area contributed by atoms with Crippen LogP contribution < -0.4 is 11.1 Å². The van der Waals surface area contributed by atoms with Gasteiger partial charge in [-0.05, 0) is 47.0 Å². The van der Waals surface area contributed by atoms with E-state index in [0.717, 1.165) is 12.8 Å². The molecule has 102 valence electrons. The van der Waals surface area contributed by atoms with E-state index in [1.165, 1.54) is 0 Å². The fourth-order valence-electron chi connectivity index (χ4n) is 1.83. The van der Waals surface area contributed by atoms with E-state index in [1.807, 2.05) is 0 Å². The molecule has 0 bridgehead atoms. The van der Waals surface area contributed by atoms with Gasteiger partial charge in [0.25, 0.3) is 5.91 Å². The standard InChI is InChI=1S/C12H14BrN3O3/c13-8-6-7(11(14)16-18)3-4-9(8)15-12(17)10-2-1-5-19-10/h3-4,6,10,18H,1-2,5H2,(H2,14,16)(H,15,17). The molecule has 4 N–H and O–H groups in total. The van der Waals surface area contributed by atoms with E-state index < -0.39 is 0 Å². The summed E-state index contributed by atoms with van der Waals surface area (Å²) in [6.45, 7) is 0.627. The van der Waals surface area contributed by atoms with E-state index in [9.17, 15) is 4.79 Å². The lowest BCUT2D eigenvalue weighted by Gasteiger charge is -2.12. The molecular formula is C12H14BrN3O3. The summed E-state index contributed by atoms with van der Waals surface area (Å²) in [6, 6.07) is 5.01. The number of benzene rings is 1. The lowest BCUT2D eigenvalue weighted by molar-refractivity contribution is -0.124. The first kappa shape index (κ1) is 13.8. The number of carbonyl (C=O) groups is 1. The van der Waals surface area contributed by atoms with Crippen LogP contribution in [-0.4, -0.2) is 29.7 Å². The van der Waals surface area contributed by atoms with Crippen molar-refractivity contribution in [3.8, 4) is 0 Å². The monoisotopic (exact) mass is 327 g/mol. The Morgan fingerprint density at radius 3 is 2.95 bits per heavy atom. The molecule has 7 heteroatoms. The molecular weight excluding hydrogens is 314 g/mol. The molecule has 1 heterocycles. The fraction of sp³-hybridized carbons (Fsp3) is 0.333. The summed E-state index contributed by atoms with van der Waals surface area (Å²) in [4.78, 5) is 11.9. The number of oxime groups is 1. The number of ether oxygens (including phenoxy) is 1. The van der Waals surface area contributed by atoms with Crippen molar-refractivity contribution >= 4 is 33.4 Å². The Morgan fingerprint density at radius 1 is 1.58 bits per heavy atom. The molecule has 1 amide bonds. The van der Waals surface area contributed by atoms with Gasteiger partial charge in [-0.15, -0.1) is 0 Å². The van der Waals surface area contributed by atoms with Crippen LogP contribution in [0.2, 0.25) is 0 Å². The Morgan fingerprint density at radius 2 is 2.37 bits per heavy atom. The maximum atomic E-state index is 11.9. The second-order valence-electron chi connectivity index (χ2n) is 4.17. The van der Waals surface area contributed by atoms with Gasteiger partial charge in [0.15, 0.2) is 5.84 Å². The van der Waals surface area contributed by atoms with Crippen LogP contribution in [0.5, 0.6) is 0 Å². The van der Waals surface area contributed by atoms with E-state index in [4.69, 9.17) is 15.7 Å². The van der Waals surface area contributed by atoms with Gasteiger partial charge >= 0.3 is 0 Å². The van der Waals surface area contributed by atoms with Crippen molar-refractivity contribution in [1.29, 1.82) is 0 Å². The molecule has 2 rings (SSSR count). The van der Waals surface area contributed by atoms with Crippen LogP contribution in [0.15, 0.2) is 27.8 Å². The van der Waals surface area contributed by atoms with Crippen molar-refractivity contribution in [2.75, 3.05) is 11.9 Å². The van der Waals surface area contributed by atoms with Crippen molar-refractivity contribution in [1.82, 2.24) is 0 Å². The Kier molecular flexibility index (Phi) is 4.39. The van der Waals surface area contributed by atoms with Crippen molar-refractivity contribution < 1.29 is 14.7 Å². The second-order valence-corrected chi connectivity index (χ2v) is 5.03. The first-order chi connectivity index (χ1) is 9.11. The number of hydrogen-bond acceptors (Lipinski definition) is 4. The minimum Gasteiger partial charge on any atom is -0.409 e. The molecule has 6 nitrogen and oxygen atoms in total. The number of nitrogens with two attached hydrogens (primary N) is 1. The molecule has 0 saturated carbocycles. The van der Waals surface area contributed by atoms with Gasteiger partial charge < -0.3 is 21.0 Å². The normalized spacial score (nSPS) is 19.4. The van der Waals surface area contributed by atoms with E-state index in [2.05, 4.69) is 26.4 Å². The van der Waals surface area contributed by atoms with E-state index in [-0.39, 0.29) is 17.8 Å². The fourth-order valence-corrected chi connectivity index (χ4v) is 2.31. The molecule has 1 fully saturated rings. The summed E-state index contributed by atoms with van der Waals surface area (Å²) in [5.74, 6) is -0.146. The highest BCUT2D eigenvalue weighted by Gasteiger charge is 2.24. The number of carbonyl (C=O) groups excluding carboxylic acids is 1. The lowest BCUT2D eigenvalue weighted by atomic mass is 10.2. The Balaban J connectivity index is 2.10. The third-order valence-electron chi connectivity index (χ3n) is 2.85. The average molecular weight is 328 g/mol. The number of amidine groups is 1. The Labute approximate surface area is 118 Å². The lowest BCUT2D eigenvalue weighted by Crippen LogP contribution is -2.27. The van der Waals surface area contributed by atoms with Crippen LogP contribution in [-0.2, 0) is 9.53 Å². The predicted molar refractivity (Wildman–Crippen MR) is 74.3 cm³/mol. The summed E-state index contributed by atoms with van der Waals surface area (Å²) in [5, 5.41) is 14.3. The summed E-state index contributed by atoms with van der Waals surface area (Å²) >= 11 is 3.33. The zero-order valence-corrected chi connectivity index (χ0v) is 11.7. The van der Waals surface area contributed by atoms with E-state index in [1.54, 1.807) is 18.2 Å². The largest absolute Gasteiger partial charge is 0.409 e. The molecule has 1 unspecified atom stereocenters. The zero-order valence-electron chi connectivity index (χ0n) is 10.1. The first-order valence-electron chi connectivity index (χ1n) is 5.81. The van der Waals surface area contributed by atoms with E-state index >= 15 is 0 Å². The van der Waals surface area contributed by atoms with Crippen LogP contribution in [0.3, 0.4) is 0 Å². The molecule has 0 radical (unpaired) electrons. The van der Waals surface area contributed by atoms with Gasteiger partial charge in [-0.1, -0.05) is 5.16 Å². The third kappa shape index (κ3) is 3.24. The summed E-state index contributed by atoms with van der Waals surface area (Å²) in [7, 11) is 0. The summed E-state index contributed by atoms with van der Waals surface area (Å²) < 4.78 is 5.96. The smallest absolute Gasteiger partial charge is 0.253 e. The molecule has 1 aromatic carbocycles. The Bertz CT molecular complexity index is 513. The first-order valence-corrected chi connectivity index (χ1v) is 6.61. The van der Waals surface area contributed by atoms with Crippen LogP contribution in [0.1, 0.15) is 18.4 Å². The third-order valence-corrected chi connectivity index (χ3v) is 3.51. The molecule has 1 aliphatic rings. The van der Waals surface area contributed by atoms with Gasteiger partial charge in [-0.2, -0.15) is 0 Å². The van der Waals surface area contributed by atoms with Crippen LogP contribution >= 0.6 is 15.9 Å².